The summed E-state index contributed by atoms with van der Waals surface area (Å²) in [5.41, 5.74) is 1.33. The number of anilines is 1. The molecular formula is C23H23FN4O3. The molecule has 2 N–H and O–H groups in total. The molecule has 1 amide bonds. The van der Waals surface area contributed by atoms with Crippen molar-refractivity contribution in [3.63, 3.8) is 0 Å². The molecule has 3 aromatic rings. The summed E-state index contributed by atoms with van der Waals surface area (Å²) in [6, 6.07) is 15.4. The molecular weight excluding hydrogens is 399 g/mol. The number of amides is 1. The highest BCUT2D eigenvalue weighted by molar-refractivity contribution is 6.00. The number of aliphatic carboxylic acids is 1. The molecule has 31 heavy (non-hydrogen) atoms. The minimum absolute atomic E-state index is 0.00337. The van der Waals surface area contributed by atoms with Gasteiger partial charge in [0, 0.05) is 24.3 Å². The van der Waals surface area contributed by atoms with E-state index >= 15 is 0 Å². The monoisotopic (exact) mass is 422 g/mol. The van der Waals surface area contributed by atoms with Gasteiger partial charge in [-0.25, -0.2) is 14.4 Å². The minimum Gasteiger partial charge on any atom is -0.480 e. The van der Waals surface area contributed by atoms with Crippen LogP contribution in [0.3, 0.4) is 0 Å². The van der Waals surface area contributed by atoms with Gasteiger partial charge in [-0.1, -0.05) is 42.5 Å². The van der Waals surface area contributed by atoms with Crippen molar-refractivity contribution in [3.8, 4) is 11.3 Å². The van der Waals surface area contributed by atoms with Gasteiger partial charge in [0.15, 0.2) is 0 Å². The summed E-state index contributed by atoms with van der Waals surface area (Å²) in [6.07, 6.45) is 1.31. The Morgan fingerprint density at radius 3 is 2.42 bits per heavy atom. The van der Waals surface area contributed by atoms with Crippen molar-refractivity contribution < 1.29 is 19.1 Å². The predicted molar refractivity (Wildman–Crippen MR) is 115 cm³/mol. The second-order valence-electron chi connectivity index (χ2n) is 7.20. The number of hydrogen-bond acceptors (Lipinski definition) is 5. The number of halogens is 1. The molecule has 8 heteroatoms. The van der Waals surface area contributed by atoms with Gasteiger partial charge in [-0.05, 0) is 31.5 Å². The number of nitrogens with zero attached hydrogens (tertiary/aromatic N) is 3. The second kappa shape index (κ2) is 9.80. The highest BCUT2D eigenvalue weighted by Gasteiger charge is 2.25. The number of carboxylic acids is 1. The van der Waals surface area contributed by atoms with E-state index in [2.05, 4.69) is 15.3 Å². The first kappa shape index (κ1) is 21.9. The Labute approximate surface area is 179 Å². The smallest absolute Gasteiger partial charge is 0.322 e. The maximum Gasteiger partial charge on any atom is 0.322 e. The molecule has 2 aromatic carbocycles. The van der Waals surface area contributed by atoms with Crippen LogP contribution in [0.4, 0.5) is 10.3 Å². The van der Waals surface area contributed by atoms with E-state index < -0.39 is 18.3 Å². The number of carbonyl (C=O) groups is 2. The van der Waals surface area contributed by atoms with Gasteiger partial charge in [0.05, 0.1) is 11.3 Å². The molecule has 1 heterocycles. The standard InChI is InChI=1S/C23H23FN4O3/c1-15(2)28(14-16-8-4-3-5-9-16)22(31)18-12-25-23(26-13-20(29)30)27-21(18)17-10-6-7-11-19(17)24/h3-12,15H,13-14H2,1-2H3,(H,29,30)(H,25,26,27). The topological polar surface area (TPSA) is 95.4 Å². The lowest BCUT2D eigenvalue weighted by atomic mass is 10.0. The van der Waals surface area contributed by atoms with Crippen LogP contribution in [-0.4, -0.2) is 44.4 Å². The largest absolute Gasteiger partial charge is 0.480 e. The number of nitrogens with one attached hydrogen (secondary N) is 1. The lowest BCUT2D eigenvalue weighted by Gasteiger charge is -2.27. The summed E-state index contributed by atoms with van der Waals surface area (Å²) in [4.78, 5) is 34.3. The molecule has 0 aliphatic rings. The Bertz CT molecular complexity index is 1070. The number of benzene rings is 2. The van der Waals surface area contributed by atoms with Crippen LogP contribution in [0, 0.1) is 5.82 Å². The van der Waals surface area contributed by atoms with Crippen molar-refractivity contribution in [2.24, 2.45) is 0 Å². The molecule has 1 aromatic heterocycles. The Morgan fingerprint density at radius 1 is 1.10 bits per heavy atom. The molecule has 0 saturated heterocycles. The van der Waals surface area contributed by atoms with Crippen molar-refractivity contribution in [1.82, 2.24) is 14.9 Å². The van der Waals surface area contributed by atoms with Crippen LogP contribution in [0.25, 0.3) is 11.3 Å². The first-order chi connectivity index (χ1) is 14.9. The first-order valence-corrected chi connectivity index (χ1v) is 9.79. The van der Waals surface area contributed by atoms with Gasteiger partial charge in [-0.15, -0.1) is 0 Å². The highest BCUT2D eigenvalue weighted by atomic mass is 19.1. The summed E-state index contributed by atoms with van der Waals surface area (Å²) in [5.74, 6) is -1.98. The van der Waals surface area contributed by atoms with Gasteiger partial charge >= 0.3 is 5.97 Å². The van der Waals surface area contributed by atoms with Crippen molar-refractivity contribution in [3.05, 3.63) is 77.7 Å². The van der Waals surface area contributed by atoms with E-state index in [1.165, 1.54) is 18.3 Å². The minimum atomic E-state index is -1.09. The third-order valence-corrected chi connectivity index (χ3v) is 4.63. The molecule has 0 unspecified atom stereocenters. The fourth-order valence-electron chi connectivity index (χ4n) is 3.06. The fraction of sp³-hybridized carbons (Fsp3) is 0.217. The highest BCUT2D eigenvalue weighted by Crippen LogP contribution is 2.27. The summed E-state index contributed by atoms with van der Waals surface area (Å²) in [6.45, 7) is 3.75. The summed E-state index contributed by atoms with van der Waals surface area (Å²) < 4.78 is 14.6. The average Bonchev–Trinajstić information content (AvgIpc) is 2.76. The maximum atomic E-state index is 14.6. The van der Waals surface area contributed by atoms with E-state index in [-0.39, 0.29) is 34.7 Å². The van der Waals surface area contributed by atoms with Crippen LogP contribution in [0.15, 0.2) is 60.8 Å². The molecule has 3 rings (SSSR count). The maximum absolute atomic E-state index is 14.6. The lowest BCUT2D eigenvalue weighted by molar-refractivity contribution is -0.134. The van der Waals surface area contributed by atoms with Crippen LogP contribution in [-0.2, 0) is 11.3 Å². The molecule has 0 fully saturated rings. The van der Waals surface area contributed by atoms with E-state index in [4.69, 9.17) is 5.11 Å². The molecule has 0 bridgehead atoms. The summed E-state index contributed by atoms with van der Waals surface area (Å²) in [7, 11) is 0. The van der Waals surface area contributed by atoms with Crippen molar-refractivity contribution in [1.29, 1.82) is 0 Å². The third kappa shape index (κ3) is 5.42. The quantitative estimate of drug-likeness (QED) is 0.573. The van der Waals surface area contributed by atoms with Crippen molar-refractivity contribution in [2.75, 3.05) is 11.9 Å². The molecule has 0 saturated carbocycles. The molecule has 0 atom stereocenters. The van der Waals surface area contributed by atoms with E-state index in [9.17, 15) is 14.0 Å². The first-order valence-electron chi connectivity index (χ1n) is 9.79. The number of rotatable bonds is 8. The van der Waals surface area contributed by atoms with Gasteiger partial charge in [-0.2, -0.15) is 0 Å². The molecule has 0 aliphatic carbocycles. The van der Waals surface area contributed by atoms with Gasteiger partial charge in [0.1, 0.15) is 12.4 Å². The van der Waals surface area contributed by atoms with Crippen LogP contribution >= 0.6 is 0 Å². The van der Waals surface area contributed by atoms with Gasteiger partial charge in [-0.3, -0.25) is 9.59 Å². The second-order valence-corrected chi connectivity index (χ2v) is 7.20. The van der Waals surface area contributed by atoms with E-state index in [1.807, 2.05) is 44.2 Å². The van der Waals surface area contributed by atoms with Crippen molar-refractivity contribution in [2.45, 2.75) is 26.4 Å². The van der Waals surface area contributed by atoms with Crippen LogP contribution < -0.4 is 5.32 Å². The van der Waals surface area contributed by atoms with E-state index in [1.54, 1.807) is 17.0 Å². The van der Waals surface area contributed by atoms with Gasteiger partial charge in [0.2, 0.25) is 5.95 Å². The summed E-state index contributed by atoms with van der Waals surface area (Å²) in [5, 5.41) is 11.4. The predicted octanol–water partition coefficient (Wildman–Crippen LogP) is 3.83. The molecule has 7 nitrogen and oxygen atoms in total. The molecule has 0 spiro atoms. The van der Waals surface area contributed by atoms with Crippen molar-refractivity contribution >= 4 is 17.8 Å². The number of carbonyl (C=O) groups excluding carboxylic acids is 1. The Balaban J connectivity index is 2.04. The number of aromatic nitrogens is 2. The van der Waals surface area contributed by atoms with E-state index in [0.29, 0.717) is 6.54 Å². The number of hydrogen-bond donors (Lipinski definition) is 2. The molecule has 160 valence electrons. The number of carboxylic acid groups (broad SMARTS) is 1. The Morgan fingerprint density at radius 2 is 1.77 bits per heavy atom. The van der Waals surface area contributed by atoms with Gasteiger partial charge in [0.25, 0.3) is 5.91 Å². The molecule has 0 aliphatic heterocycles. The zero-order valence-corrected chi connectivity index (χ0v) is 17.2. The SMILES string of the molecule is CC(C)N(Cc1ccccc1)C(=O)c1cnc(NCC(=O)O)nc1-c1ccccc1F. The lowest BCUT2D eigenvalue weighted by Crippen LogP contribution is -2.37. The Hall–Kier alpha value is -3.81. The fourth-order valence-corrected chi connectivity index (χ4v) is 3.06. The summed E-state index contributed by atoms with van der Waals surface area (Å²) >= 11 is 0. The zero-order valence-electron chi connectivity index (χ0n) is 17.2. The average molecular weight is 422 g/mol. The zero-order chi connectivity index (χ0) is 22.4. The van der Waals surface area contributed by atoms with Crippen LogP contribution in [0.5, 0.6) is 0 Å². The van der Waals surface area contributed by atoms with Crippen LogP contribution in [0.2, 0.25) is 0 Å². The normalized spacial score (nSPS) is 10.7. The third-order valence-electron chi connectivity index (χ3n) is 4.63. The molecule has 0 radical (unpaired) electrons. The Kier molecular flexibility index (Phi) is 6.92. The van der Waals surface area contributed by atoms with E-state index in [0.717, 1.165) is 5.56 Å². The van der Waals surface area contributed by atoms with Gasteiger partial charge < -0.3 is 15.3 Å². The van der Waals surface area contributed by atoms with Crippen LogP contribution in [0.1, 0.15) is 29.8 Å².